The van der Waals surface area contributed by atoms with Crippen molar-refractivity contribution in [3.05, 3.63) is 71.0 Å². The maximum Gasteiger partial charge on any atom is 0.227 e. The number of benzene rings is 2. The van der Waals surface area contributed by atoms with Gasteiger partial charge in [-0.15, -0.1) is 0 Å². The number of hydrogen-bond donors (Lipinski definition) is 0. The van der Waals surface area contributed by atoms with Gasteiger partial charge in [0.15, 0.2) is 6.29 Å². The summed E-state index contributed by atoms with van der Waals surface area (Å²) in [5.41, 5.74) is 3.27. The zero-order valence-corrected chi connectivity index (χ0v) is 21.3. The van der Waals surface area contributed by atoms with Crippen LogP contribution in [0, 0.1) is 5.82 Å². The molecule has 0 N–H and O–H groups in total. The number of piperidine rings is 1. The minimum atomic E-state index is -0.255. The molecule has 6 heteroatoms. The summed E-state index contributed by atoms with van der Waals surface area (Å²) in [5.74, 6) is 0.344. The zero-order valence-electron chi connectivity index (χ0n) is 21.3. The first kappa shape index (κ1) is 25.8. The van der Waals surface area contributed by atoms with E-state index in [0.29, 0.717) is 25.5 Å². The van der Waals surface area contributed by atoms with Gasteiger partial charge < -0.3 is 19.3 Å². The molecule has 0 saturated carbocycles. The van der Waals surface area contributed by atoms with Gasteiger partial charge in [0.1, 0.15) is 5.82 Å². The van der Waals surface area contributed by atoms with E-state index >= 15 is 0 Å². The fraction of sp³-hybridized carbons (Fsp3) is 0.552. The largest absolute Gasteiger partial charge is 0.350 e. The average molecular weight is 483 g/mol. The van der Waals surface area contributed by atoms with Gasteiger partial charge in [-0.2, -0.15) is 0 Å². The molecule has 2 aromatic rings. The highest BCUT2D eigenvalue weighted by Crippen LogP contribution is 2.23. The Kier molecular flexibility index (Phi) is 8.93. The first-order chi connectivity index (χ1) is 16.9. The second-order valence-corrected chi connectivity index (χ2v) is 10.3. The van der Waals surface area contributed by atoms with Gasteiger partial charge >= 0.3 is 0 Å². The molecule has 1 amide bonds. The summed E-state index contributed by atoms with van der Waals surface area (Å²) in [6, 6.07) is 15.1. The molecule has 0 aliphatic carbocycles. The Balaban J connectivity index is 1.37. The number of carbonyl (C=O) groups excluding carboxylic acids is 1. The molecule has 0 spiro atoms. The van der Waals surface area contributed by atoms with Gasteiger partial charge in [-0.1, -0.05) is 50.2 Å². The van der Waals surface area contributed by atoms with Gasteiger partial charge in [0.2, 0.25) is 5.91 Å². The highest BCUT2D eigenvalue weighted by molar-refractivity contribution is 5.79. The first-order valence-electron chi connectivity index (χ1n) is 13.0. The summed E-state index contributed by atoms with van der Waals surface area (Å²) in [6.07, 6.45) is 3.21. The Labute approximate surface area is 209 Å². The number of ether oxygens (including phenoxy) is 2. The van der Waals surface area contributed by atoms with Crippen LogP contribution in [0.15, 0.2) is 48.5 Å². The zero-order chi connectivity index (χ0) is 24.8. The Morgan fingerprint density at radius 3 is 2.31 bits per heavy atom. The molecule has 2 aliphatic rings. The molecule has 35 heavy (non-hydrogen) atoms. The monoisotopic (exact) mass is 482 g/mol. The smallest absolute Gasteiger partial charge is 0.227 e. The van der Waals surface area contributed by atoms with E-state index in [4.69, 9.17) is 9.47 Å². The molecule has 2 heterocycles. The molecule has 2 aliphatic heterocycles. The van der Waals surface area contributed by atoms with Crippen molar-refractivity contribution in [2.45, 2.75) is 77.4 Å². The lowest BCUT2D eigenvalue weighted by molar-refractivity contribution is -0.134. The van der Waals surface area contributed by atoms with Crippen molar-refractivity contribution in [1.82, 2.24) is 9.80 Å². The lowest BCUT2D eigenvalue weighted by Gasteiger charge is -2.39. The third-order valence-electron chi connectivity index (χ3n) is 7.17. The average Bonchev–Trinajstić information content (AvgIpc) is 3.28. The molecule has 4 rings (SSSR count). The Bertz CT molecular complexity index is 939. The van der Waals surface area contributed by atoms with E-state index in [2.05, 4.69) is 43.0 Å². The summed E-state index contributed by atoms with van der Waals surface area (Å²) in [4.78, 5) is 18.0. The van der Waals surface area contributed by atoms with Crippen LogP contribution < -0.4 is 0 Å². The number of rotatable bonds is 9. The molecular weight excluding hydrogens is 443 g/mol. The summed E-state index contributed by atoms with van der Waals surface area (Å²) in [7, 11) is 0. The third kappa shape index (κ3) is 7.35. The molecular formula is C29H39FN2O3. The van der Waals surface area contributed by atoms with Gasteiger partial charge in [0, 0.05) is 38.6 Å². The van der Waals surface area contributed by atoms with Crippen molar-refractivity contribution in [2.24, 2.45) is 0 Å². The van der Waals surface area contributed by atoms with Crippen LogP contribution in [0.4, 0.5) is 4.39 Å². The quantitative estimate of drug-likeness (QED) is 0.497. The molecule has 190 valence electrons. The Morgan fingerprint density at radius 1 is 1.06 bits per heavy atom. The van der Waals surface area contributed by atoms with Gasteiger partial charge in [0.05, 0.1) is 19.1 Å². The summed E-state index contributed by atoms with van der Waals surface area (Å²) in [6.45, 7) is 10.4. The van der Waals surface area contributed by atoms with Gasteiger partial charge in [-0.3, -0.25) is 4.79 Å². The standard InChI is InChI=1S/C29H39FN2O3/c1-21(2)25-8-4-23(5-9-25)18-28(33)32(19-24-6-10-26(30)11-7-24)27-12-15-31(16-13-27)17-14-29-34-20-22(3)35-29/h4-11,21-22,27,29H,12-20H2,1-3H3/t22?,29-/m0/s1. The predicted molar refractivity (Wildman–Crippen MR) is 136 cm³/mol. The Hall–Kier alpha value is -2.28. The third-order valence-corrected chi connectivity index (χ3v) is 7.17. The van der Waals surface area contributed by atoms with Crippen molar-refractivity contribution in [1.29, 1.82) is 0 Å². The summed E-state index contributed by atoms with van der Waals surface area (Å²) < 4.78 is 24.9. The van der Waals surface area contributed by atoms with Crippen LogP contribution in [-0.4, -0.2) is 60.4 Å². The van der Waals surface area contributed by atoms with Crippen molar-refractivity contribution >= 4 is 5.91 Å². The van der Waals surface area contributed by atoms with Crippen LogP contribution in [0.5, 0.6) is 0 Å². The predicted octanol–water partition coefficient (Wildman–Crippen LogP) is 5.14. The van der Waals surface area contributed by atoms with Crippen LogP contribution in [0.3, 0.4) is 0 Å². The normalized spacial score (nSPS) is 21.5. The second-order valence-electron chi connectivity index (χ2n) is 10.3. The van der Waals surface area contributed by atoms with Crippen molar-refractivity contribution < 1.29 is 18.7 Å². The van der Waals surface area contributed by atoms with E-state index in [1.54, 1.807) is 12.1 Å². The number of likely N-dealkylation sites (tertiary alicyclic amines) is 1. The number of nitrogens with zero attached hydrogens (tertiary/aromatic N) is 2. The second kappa shape index (κ2) is 12.1. The van der Waals surface area contributed by atoms with E-state index in [1.165, 1.54) is 17.7 Å². The van der Waals surface area contributed by atoms with Crippen LogP contribution in [0.25, 0.3) is 0 Å². The van der Waals surface area contributed by atoms with E-state index < -0.39 is 0 Å². The van der Waals surface area contributed by atoms with Crippen LogP contribution in [0.2, 0.25) is 0 Å². The lowest BCUT2D eigenvalue weighted by atomic mass is 9.99. The Morgan fingerprint density at radius 2 is 1.71 bits per heavy atom. The fourth-order valence-corrected chi connectivity index (χ4v) is 4.98. The van der Waals surface area contributed by atoms with Crippen LogP contribution in [0.1, 0.15) is 62.6 Å². The number of carbonyl (C=O) groups is 1. The van der Waals surface area contributed by atoms with Crippen LogP contribution >= 0.6 is 0 Å². The molecule has 2 aromatic carbocycles. The van der Waals surface area contributed by atoms with Crippen molar-refractivity contribution in [3.8, 4) is 0 Å². The number of hydrogen-bond acceptors (Lipinski definition) is 4. The number of amides is 1. The van der Waals surface area contributed by atoms with Gasteiger partial charge in [-0.05, 0) is 54.5 Å². The molecule has 2 saturated heterocycles. The minimum absolute atomic E-state index is 0.0960. The van der Waals surface area contributed by atoms with E-state index in [-0.39, 0.29) is 30.2 Å². The molecule has 1 unspecified atom stereocenters. The van der Waals surface area contributed by atoms with Crippen LogP contribution in [-0.2, 0) is 27.2 Å². The van der Waals surface area contributed by atoms with Crippen molar-refractivity contribution in [2.75, 3.05) is 26.2 Å². The lowest BCUT2D eigenvalue weighted by Crippen LogP contribution is -2.48. The minimum Gasteiger partial charge on any atom is -0.350 e. The molecule has 2 atom stereocenters. The topological polar surface area (TPSA) is 42.0 Å². The molecule has 0 radical (unpaired) electrons. The van der Waals surface area contributed by atoms with Gasteiger partial charge in [-0.25, -0.2) is 4.39 Å². The number of halogens is 1. The van der Waals surface area contributed by atoms with E-state index in [9.17, 15) is 9.18 Å². The maximum absolute atomic E-state index is 13.5. The SMILES string of the molecule is CC1CO[C@H](CCN2CCC(N(Cc3ccc(F)cc3)C(=O)Cc3ccc(C(C)C)cc3)CC2)O1. The maximum atomic E-state index is 13.5. The van der Waals surface area contributed by atoms with E-state index in [1.807, 2.05) is 11.8 Å². The van der Waals surface area contributed by atoms with Gasteiger partial charge in [0.25, 0.3) is 0 Å². The molecule has 0 bridgehead atoms. The highest BCUT2D eigenvalue weighted by atomic mass is 19.1. The molecule has 2 fully saturated rings. The van der Waals surface area contributed by atoms with E-state index in [0.717, 1.165) is 50.0 Å². The summed E-state index contributed by atoms with van der Waals surface area (Å²) >= 11 is 0. The highest BCUT2D eigenvalue weighted by Gasteiger charge is 2.29. The molecule has 0 aromatic heterocycles. The van der Waals surface area contributed by atoms with Crippen molar-refractivity contribution in [3.63, 3.8) is 0 Å². The molecule has 5 nitrogen and oxygen atoms in total. The summed E-state index contributed by atoms with van der Waals surface area (Å²) in [5, 5.41) is 0. The fourth-order valence-electron chi connectivity index (χ4n) is 4.98. The first-order valence-corrected chi connectivity index (χ1v) is 13.0.